The summed E-state index contributed by atoms with van der Waals surface area (Å²) in [5.41, 5.74) is 1.21. The molecule has 1 N–H and O–H groups in total. The molecule has 1 saturated heterocycles. The Kier molecular flexibility index (Phi) is 5.83. The molecule has 20 heavy (non-hydrogen) atoms. The van der Waals surface area contributed by atoms with E-state index < -0.39 is 0 Å². The van der Waals surface area contributed by atoms with E-state index in [1.54, 1.807) is 4.90 Å². The molecule has 0 aromatic heterocycles. The second-order valence-corrected chi connectivity index (χ2v) is 4.71. The molecule has 1 fully saturated rings. The van der Waals surface area contributed by atoms with Gasteiger partial charge in [-0.15, -0.1) is 0 Å². The number of nitrogens with zero attached hydrogens (tertiary/aromatic N) is 1. The van der Waals surface area contributed by atoms with Gasteiger partial charge in [0.05, 0.1) is 13.2 Å². The van der Waals surface area contributed by atoms with Crippen molar-refractivity contribution in [2.24, 2.45) is 0 Å². The highest BCUT2D eigenvalue weighted by atomic mass is 16.5. The zero-order chi connectivity index (χ0) is 14.2. The Balaban J connectivity index is 1.76. The van der Waals surface area contributed by atoms with Gasteiger partial charge < -0.3 is 19.7 Å². The molecule has 0 unspecified atom stereocenters. The van der Waals surface area contributed by atoms with E-state index in [2.05, 4.69) is 12.2 Å². The first kappa shape index (κ1) is 14.8. The fraction of sp³-hybridized carbons (Fsp3) is 0.533. The molecular formula is C15H22N2O3. The van der Waals surface area contributed by atoms with Crippen molar-refractivity contribution in [3.05, 3.63) is 29.8 Å². The topological polar surface area (TPSA) is 50.8 Å². The number of carbonyl (C=O) groups excluding carboxylic acids is 1. The number of nitrogens with one attached hydrogen (secondary N) is 1. The highest BCUT2D eigenvalue weighted by Gasteiger charge is 2.16. The lowest BCUT2D eigenvalue weighted by Gasteiger charge is -2.26. The Morgan fingerprint density at radius 3 is 2.65 bits per heavy atom. The molecule has 0 saturated carbocycles. The number of hydrogen-bond acceptors (Lipinski definition) is 4. The van der Waals surface area contributed by atoms with Gasteiger partial charge in [0.2, 0.25) is 0 Å². The van der Waals surface area contributed by atoms with Crippen LogP contribution < -0.4 is 10.1 Å². The molecule has 0 spiro atoms. The van der Waals surface area contributed by atoms with E-state index in [4.69, 9.17) is 9.47 Å². The summed E-state index contributed by atoms with van der Waals surface area (Å²) >= 11 is 0. The van der Waals surface area contributed by atoms with E-state index in [-0.39, 0.29) is 12.5 Å². The Hall–Kier alpha value is -1.59. The van der Waals surface area contributed by atoms with Crippen LogP contribution in [0.3, 0.4) is 0 Å². The van der Waals surface area contributed by atoms with Crippen molar-refractivity contribution >= 4 is 5.91 Å². The zero-order valence-corrected chi connectivity index (χ0v) is 11.9. The Morgan fingerprint density at radius 1 is 1.30 bits per heavy atom. The van der Waals surface area contributed by atoms with E-state index in [0.717, 1.165) is 18.8 Å². The SMILES string of the molecule is CCNCc1ccc(OCC(=O)N2CCOCC2)cc1. The third-order valence-corrected chi connectivity index (χ3v) is 3.23. The third-order valence-electron chi connectivity index (χ3n) is 3.23. The first-order valence-corrected chi connectivity index (χ1v) is 7.07. The van der Waals surface area contributed by atoms with Crippen molar-refractivity contribution in [1.82, 2.24) is 10.2 Å². The smallest absolute Gasteiger partial charge is 0.260 e. The Labute approximate surface area is 119 Å². The number of morpholine rings is 1. The monoisotopic (exact) mass is 278 g/mol. The second-order valence-electron chi connectivity index (χ2n) is 4.71. The molecule has 0 aliphatic carbocycles. The number of ether oxygens (including phenoxy) is 2. The van der Waals surface area contributed by atoms with Gasteiger partial charge in [0.25, 0.3) is 5.91 Å². The molecule has 1 amide bonds. The van der Waals surface area contributed by atoms with Gasteiger partial charge in [-0.05, 0) is 24.2 Å². The Morgan fingerprint density at radius 2 is 2.00 bits per heavy atom. The van der Waals surface area contributed by atoms with Crippen molar-refractivity contribution < 1.29 is 14.3 Å². The van der Waals surface area contributed by atoms with Crippen LogP contribution in [0.5, 0.6) is 5.75 Å². The van der Waals surface area contributed by atoms with Crippen LogP contribution >= 0.6 is 0 Å². The fourth-order valence-electron chi connectivity index (χ4n) is 2.02. The summed E-state index contributed by atoms with van der Waals surface area (Å²) in [6.45, 7) is 6.51. The quantitative estimate of drug-likeness (QED) is 0.844. The second kappa shape index (κ2) is 7.87. The van der Waals surface area contributed by atoms with E-state index in [1.807, 2.05) is 24.3 Å². The van der Waals surface area contributed by atoms with Crippen molar-refractivity contribution in [2.45, 2.75) is 13.5 Å². The first-order chi connectivity index (χ1) is 9.79. The van der Waals surface area contributed by atoms with Crippen molar-refractivity contribution in [2.75, 3.05) is 39.5 Å². The predicted molar refractivity (Wildman–Crippen MR) is 76.7 cm³/mol. The van der Waals surface area contributed by atoms with Gasteiger partial charge in [0, 0.05) is 19.6 Å². The Bertz CT molecular complexity index is 414. The van der Waals surface area contributed by atoms with E-state index in [0.29, 0.717) is 26.3 Å². The van der Waals surface area contributed by atoms with Gasteiger partial charge in [0.15, 0.2) is 6.61 Å². The first-order valence-electron chi connectivity index (χ1n) is 7.07. The summed E-state index contributed by atoms with van der Waals surface area (Å²) in [7, 11) is 0. The van der Waals surface area contributed by atoms with Crippen LogP contribution in [0.25, 0.3) is 0 Å². The average molecular weight is 278 g/mol. The predicted octanol–water partition coefficient (Wildman–Crippen LogP) is 1.03. The van der Waals surface area contributed by atoms with Crippen LogP contribution in [0.2, 0.25) is 0 Å². The zero-order valence-electron chi connectivity index (χ0n) is 11.9. The minimum Gasteiger partial charge on any atom is -0.484 e. The molecule has 110 valence electrons. The molecule has 1 heterocycles. The van der Waals surface area contributed by atoms with Crippen molar-refractivity contribution in [1.29, 1.82) is 0 Å². The van der Waals surface area contributed by atoms with Crippen molar-refractivity contribution in [3.8, 4) is 5.75 Å². The van der Waals surface area contributed by atoms with Crippen LogP contribution in [-0.2, 0) is 16.1 Å². The molecule has 2 rings (SSSR count). The highest BCUT2D eigenvalue weighted by molar-refractivity contribution is 5.77. The molecule has 1 aromatic carbocycles. The minimum atomic E-state index is 0.0185. The maximum atomic E-state index is 11.9. The number of hydrogen-bond donors (Lipinski definition) is 1. The molecule has 5 heteroatoms. The van der Waals surface area contributed by atoms with Crippen LogP contribution in [0.1, 0.15) is 12.5 Å². The molecule has 0 bridgehead atoms. The number of carbonyl (C=O) groups is 1. The summed E-state index contributed by atoms with van der Waals surface area (Å²) in [5.74, 6) is 0.747. The number of amides is 1. The molecule has 5 nitrogen and oxygen atoms in total. The maximum absolute atomic E-state index is 11.9. The lowest BCUT2D eigenvalue weighted by Crippen LogP contribution is -2.42. The normalized spacial score (nSPS) is 15.2. The van der Waals surface area contributed by atoms with Gasteiger partial charge >= 0.3 is 0 Å². The molecule has 0 atom stereocenters. The summed E-state index contributed by atoms with van der Waals surface area (Å²) in [5, 5.41) is 3.26. The van der Waals surface area contributed by atoms with E-state index >= 15 is 0 Å². The van der Waals surface area contributed by atoms with Gasteiger partial charge in [-0.2, -0.15) is 0 Å². The van der Waals surface area contributed by atoms with E-state index in [1.165, 1.54) is 5.56 Å². The molecule has 1 aromatic rings. The van der Waals surface area contributed by atoms with Crippen molar-refractivity contribution in [3.63, 3.8) is 0 Å². The largest absolute Gasteiger partial charge is 0.484 e. The van der Waals surface area contributed by atoms with Crippen LogP contribution in [0, 0.1) is 0 Å². The van der Waals surface area contributed by atoms with Crippen LogP contribution in [0.15, 0.2) is 24.3 Å². The average Bonchev–Trinajstić information content (AvgIpc) is 2.52. The van der Waals surface area contributed by atoms with Crippen LogP contribution in [0.4, 0.5) is 0 Å². The molecule has 0 radical (unpaired) electrons. The lowest BCUT2D eigenvalue weighted by molar-refractivity contribution is -0.137. The summed E-state index contributed by atoms with van der Waals surface area (Å²) in [4.78, 5) is 13.7. The third kappa shape index (κ3) is 4.51. The van der Waals surface area contributed by atoms with E-state index in [9.17, 15) is 4.79 Å². The lowest BCUT2D eigenvalue weighted by atomic mass is 10.2. The number of benzene rings is 1. The standard InChI is InChI=1S/C15H22N2O3/c1-2-16-11-13-3-5-14(6-4-13)20-12-15(18)17-7-9-19-10-8-17/h3-6,16H,2,7-12H2,1H3. The highest BCUT2D eigenvalue weighted by Crippen LogP contribution is 2.12. The summed E-state index contributed by atoms with van der Waals surface area (Å²) < 4.78 is 10.7. The maximum Gasteiger partial charge on any atom is 0.260 e. The van der Waals surface area contributed by atoms with Crippen LogP contribution in [-0.4, -0.2) is 50.3 Å². The minimum absolute atomic E-state index is 0.0185. The molecular weight excluding hydrogens is 256 g/mol. The van der Waals surface area contributed by atoms with Gasteiger partial charge in [0.1, 0.15) is 5.75 Å². The van der Waals surface area contributed by atoms with Gasteiger partial charge in [-0.3, -0.25) is 4.79 Å². The molecule has 1 aliphatic rings. The number of rotatable bonds is 6. The molecule has 1 aliphatic heterocycles. The summed E-state index contributed by atoms with van der Waals surface area (Å²) in [6.07, 6.45) is 0. The van der Waals surface area contributed by atoms with Gasteiger partial charge in [-0.25, -0.2) is 0 Å². The summed E-state index contributed by atoms with van der Waals surface area (Å²) in [6, 6.07) is 7.83. The van der Waals surface area contributed by atoms with Gasteiger partial charge in [-0.1, -0.05) is 19.1 Å². The fourth-order valence-corrected chi connectivity index (χ4v) is 2.02.